The van der Waals surface area contributed by atoms with Crippen molar-refractivity contribution in [2.45, 2.75) is 63.2 Å². The Bertz CT molecular complexity index is 4320. The number of hydrogen-bond donors (Lipinski definition) is 0. The predicted octanol–water partition coefficient (Wildman–Crippen LogP) is 21.1. The third-order valence-electron chi connectivity index (χ3n) is 17.2. The molecular formula is C74H58S2. The number of aryl methyl sites for hydroxylation is 1. The molecule has 0 saturated carbocycles. The van der Waals surface area contributed by atoms with Crippen LogP contribution in [0.1, 0.15) is 89.5 Å². The first-order chi connectivity index (χ1) is 37.4. The quantitative estimate of drug-likeness (QED) is 0.114. The van der Waals surface area contributed by atoms with Gasteiger partial charge in [-0.25, -0.2) is 0 Å². The molecule has 0 N–H and O–H groups in total. The van der Waals surface area contributed by atoms with Crippen molar-refractivity contribution < 1.29 is 0 Å². The Labute approximate surface area is 454 Å². The molecule has 0 bridgehead atoms. The maximum absolute atomic E-state index is 2.62. The molecule has 2 heterocycles. The van der Waals surface area contributed by atoms with Crippen molar-refractivity contribution >= 4 is 73.8 Å². The third-order valence-corrected chi connectivity index (χ3v) is 19.5. The van der Waals surface area contributed by atoms with Crippen molar-refractivity contribution in [1.29, 1.82) is 0 Å². The summed E-state index contributed by atoms with van der Waals surface area (Å²) in [5.41, 5.74) is 19.1. The molecule has 2 aromatic heterocycles. The molecular weight excluding hydrogens is 953 g/mol. The Morgan fingerprint density at radius 1 is 0.395 bits per heavy atom. The summed E-state index contributed by atoms with van der Waals surface area (Å²) in [5.74, 6) is 0.623. The molecule has 1 aliphatic rings. The predicted molar refractivity (Wildman–Crippen MR) is 329 cm³/mol. The molecule has 366 valence electrons. The molecule has 2 unspecified atom stereocenters. The van der Waals surface area contributed by atoms with Crippen LogP contribution in [-0.2, 0) is 18.3 Å². The van der Waals surface area contributed by atoms with Crippen molar-refractivity contribution in [1.82, 2.24) is 0 Å². The number of hydrogen-bond acceptors (Lipinski definition) is 2. The van der Waals surface area contributed by atoms with Gasteiger partial charge >= 0.3 is 0 Å². The number of benzene rings is 11. The second kappa shape index (κ2) is 19.0. The van der Waals surface area contributed by atoms with E-state index in [9.17, 15) is 0 Å². The summed E-state index contributed by atoms with van der Waals surface area (Å²) < 4.78 is 5.42. The minimum Gasteiger partial charge on any atom is -0.135 e. The maximum atomic E-state index is 2.62. The van der Waals surface area contributed by atoms with E-state index in [1.807, 2.05) is 22.7 Å². The molecule has 14 rings (SSSR count). The van der Waals surface area contributed by atoms with Crippen LogP contribution in [0.3, 0.4) is 0 Å². The smallest absolute Gasteiger partial charge is 0.0358 e. The van der Waals surface area contributed by atoms with Crippen LogP contribution < -0.4 is 0 Å². The monoisotopic (exact) mass is 1010 g/mol. The van der Waals surface area contributed by atoms with E-state index in [4.69, 9.17) is 0 Å². The van der Waals surface area contributed by atoms with Gasteiger partial charge in [0.2, 0.25) is 0 Å². The average molecular weight is 1010 g/mol. The SMILES string of the molecule is C[C@@H](c1ccc2c(c1)C(C)(C)c1cc(CCC(c3ccccc3-c3ccccc3)c3cccc4sc5ccccc5c34)c3ccccc3c1-2)C(Cc1ccccc1-c1ccccc1)c1cccc2sc3ccccc3c12. The summed E-state index contributed by atoms with van der Waals surface area (Å²) in [5, 5.41) is 8.27. The van der Waals surface area contributed by atoms with Gasteiger partial charge in [-0.3, -0.25) is 0 Å². The van der Waals surface area contributed by atoms with E-state index in [2.05, 4.69) is 263 Å². The zero-order chi connectivity index (χ0) is 50.9. The van der Waals surface area contributed by atoms with Crippen molar-refractivity contribution in [3.63, 3.8) is 0 Å². The molecule has 2 heteroatoms. The summed E-state index contributed by atoms with van der Waals surface area (Å²) in [6.07, 6.45) is 2.85. The maximum Gasteiger partial charge on any atom is 0.0358 e. The summed E-state index contributed by atoms with van der Waals surface area (Å²) >= 11 is 3.84. The molecule has 1 aliphatic carbocycles. The topological polar surface area (TPSA) is 0 Å². The van der Waals surface area contributed by atoms with E-state index in [1.54, 1.807) is 0 Å². The lowest BCUT2D eigenvalue weighted by Crippen LogP contribution is -2.17. The van der Waals surface area contributed by atoms with Crippen LogP contribution in [0, 0.1) is 0 Å². The summed E-state index contributed by atoms with van der Waals surface area (Å²) in [6, 6.07) is 91.9. The van der Waals surface area contributed by atoms with E-state index >= 15 is 0 Å². The minimum atomic E-state index is -0.210. The van der Waals surface area contributed by atoms with Gasteiger partial charge in [0.1, 0.15) is 0 Å². The second-order valence-electron chi connectivity index (χ2n) is 21.7. The van der Waals surface area contributed by atoms with Gasteiger partial charge in [0.15, 0.2) is 0 Å². The van der Waals surface area contributed by atoms with E-state index in [-0.39, 0.29) is 23.2 Å². The highest BCUT2D eigenvalue weighted by atomic mass is 32.1. The van der Waals surface area contributed by atoms with Crippen LogP contribution in [0.4, 0.5) is 0 Å². The van der Waals surface area contributed by atoms with Gasteiger partial charge in [-0.1, -0.05) is 239 Å². The van der Waals surface area contributed by atoms with Crippen LogP contribution in [0.2, 0.25) is 0 Å². The molecule has 76 heavy (non-hydrogen) atoms. The molecule has 0 saturated heterocycles. The van der Waals surface area contributed by atoms with E-state index < -0.39 is 0 Å². The van der Waals surface area contributed by atoms with Crippen LogP contribution in [0.25, 0.3) is 84.5 Å². The number of thiophene rings is 2. The zero-order valence-electron chi connectivity index (χ0n) is 43.3. The van der Waals surface area contributed by atoms with Crippen LogP contribution in [0.15, 0.2) is 243 Å². The van der Waals surface area contributed by atoms with Crippen molar-refractivity contribution in [3.8, 4) is 33.4 Å². The molecule has 0 spiro atoms. The Kier molecular flexibility index (Phi) is 11.7. The standard InChI is InChI=1S/C74H58S2/c1-47(64(44-51-26-10-11-27-53(51)48-22-6-4-7-23-48)60-35-21-39-70-73(60)63-33-17-19-37-68(63)76-70)50-40-43-61-65(45-50)74(2,3)66-46-52(55-29-13-15-31-58(55)71(61)66)41-42-57(56-30-14-12-28-54(56)49-24-8-5-9-25-49)59-34-20-38-69-72(59)62-32-16-18-36-67(62)75-69/h4-40,43,45-47,57,64H,41-42,44H2,1-3H3/t47-,57?,64?/m0/s1. The molecule has 0 radical (unpaired) electrons. The summed E-state index contributed by atoms with van der Waals surface area (Å²) in [7, 11) is 0. The Morgan fingerprint density at radius 2 is 0.921 bits per heavy atom. The highest BCUT2D eigenvalue weighted by molar-refractivity contribution is 7.26. The fourth-order valence-corrected chi connectivity index (χ4v) is 15.7. The van der Waals surface area contributed by atoms with Gasteiger partial charge in [-0.2, -0.15) is 0 Å². The van der Waals surface area contributed by atoms with Gasteiger partial charge < -0.3 is 0 Å². The van der Waals surface area contributed by atoms with Crippen LogP contribution in [0.5, 0.6) is 0 Å². The molecule has 0 fully saturated rings. The van der Waals surface area contributed by atoms with Crippen molar-refractivity contribution in [3.05, 3.63) is 287 Å². The average Bonchev–Trinajstić information content (AvgIpc) is 4.19. The van der Waals surface area contributed by atoms with E-state index in [0.29, 0.717) is 0 Å². The molecule has 0 amide bonds. The molecule has 3 atom stereocenters. The lowest BCUT2D eigenvalue weighted by molar-refractivity contribution is 0.574. The minimum absolute atomic E-state index is 0.171. The van der Waals surface area contributed by atoms with Crippen LogP contribution in [-0.4, -0.2) is 0 Å². The van der Waals surface area contributed by atoms with E-state index in [1.165, 1.54) is 129 Å². The normalized spacial score (nSPS) is 14.1. The fraction of sp³-hybridized carbons (Fsp3) is 0.135. The van der Waals surface area contributed by atoms with Crippen molar-refractivity contribution in [2.24, 2.45) is 0 Å². The van der Waals surface area contributed by atoms with Crippen molar-refractivity contribution in [2.75, 3.05) is 0 Å². The molecule has 0 aliphatic heterocycles. The zero-order valence-corrected chi connectivity index (χ0v) is 44.9. The second-order valence-corrected chi connectivity index (χ2v) is 23.9. The van der Waals surface area contributed by atoms with Gasteiger partial charge in [0, 0.05) is 51.7 Å². The lowest BCUT2D eigenvalue weighted by atomic mass is 9.75. The first-order valence-electron chi connectivity index (χ1n) is 27.2. The van der Waals surface area contributed by atoms with Gasteiger partial charge in [0.05, 0.1) is 0 Å². The Morgan fingerprint density at radius 3 is 1.62 bits per heavy atom. The Hall–Kier alpha value is -7.88. The number of rotatable bonds is 12. The largest absolute Gasteiger partial charge is 0.135 e. The van der Waals surface area contributed by atoms with Gasteiger partial charge in [-0.05, 0) is 144 Å². The molecule has 11 aromatic carbocycles. The highest BCUT2D eigenvalue weighted by Crippen LogP contribution is 2.54. The fourth-order valence-electron chi connectivity index (χ4n) is 13.5. The lowest BCUT2D eigenvalue weighted by Gasteiger charge is -2.29. The van der Waals surface area contributed by atoms with Crippen LogP contribution >= 0.6 is 22.7 Å². The third kappa shape index (κ3) is 7.84. The highest BCUT2D eigenvalue weighted by Gasteiger charge is 2.38. The first kappa shape index (κ1) is 46.6. The molecule has 13 aromatic rings. The number of fused-ring (bicyclic) bond motifs is 11. The summed E-state index contributed by atoms with van der Waals surface area (Å²) in [6.45, 7) is 7.47. The summed E-state index contributed by atoms with van der Waals surface area (Å²) in [4.78, 5) is 0. The molecule has 0 nitrogen and oxygen atoms in total. The van der Waals surface area contributed by atoms with Gasteiger partial charge in [0.25, 0.3) is 0 Å². The Balaban J connectivity index is 0.873. The first-order valence-corrected chi connectivity index (χ1v) is 28.8. The van der Waals surface area contributed by atoms with E-state index in [0.717, 1.165) is 19.3 Å². The van der Waals surface area contributed by atoms with Gasteiger partial charge in [-0.15, -0.1) is 22.7 Å².